The molecule has 0 aliphatic heterocycles. The van der Waals surface area contributed by atoms with E-state index in [9.17, 15) is 14.3 Å². The topological polar surface area (TPSA) is 67.5 Å². The summed E-state index contributed by atoms with van der Waals surface area (Å²) < 4.78 is 15.0. The van der Waals surface area contributed by atoms with E-state index in [0.717, 1.165) is 16.7 Å². The number of aromatic nitrogens is 3. The number of thiazole rings is 1. The van der Waals surface area contributed by atoms with Crippen LogP contribution in [-0.2, 0) is 10.8 Å². The highest BCUT2D eigenvalue weighted by Gasteiger charge is 2.26. The zero-order chi connectivity index (χ0) is 23.4. The summed E-state index contributed by atoms with van der Waals surface area (Å²) in [7, 11) is 0. The van der Waals surface area contributed by atoms with Crippen LogP contribution < -0.4 is 10.1 Å². The molecule has 4 aromatic rings. The standard InChI is InChI=1S/C25H26FN3O2S/c1-24(2,3)17-11-14(12-18(20(17)30)25(4,5)6)13-19-22(31)29-23(32-19)27-21(28-29)15-7-9-16(26)10-8-15/h7-13,30H,1-6H3/b19-13-. The van der Waals surface area contributed by atoms with E-state index < -0.39 is 0 Å². The molecule has 32 heavy (non-hydrogen) atoms. The Labute approximate surface area is 189 Å². The van der Waals surface area contributed by atoms with Gasteiger partial charge in [-0.2, -0.15) is 9.50 Å². The Bertz CT molecular complexity index is 1390. The molecule has 0 unspecified atom stereocenters. The fourth-order valence-corrected chi connectivity index (χ4v) is 4.50. The van der Waals surface area contributed by atoms with E-state index in [2.05, 4.69) is 51.6 Å². The summed E-state index contributed by atoms with van der Waals surface area (Å²) in [5.41, 5.74) is 2.39. The third-order valence-corrected chi connectivity index (χ3v) is 6.29. The van der Waals surface area contributed by atoms with Crippen molar-refractivity contribution in [1.29, 1.82) is 0 Å². The van der Waals surface area contributed by atoms with Gasteiger partial charge in [0.2, 0.25) is 4.96 Å². The molecule has 0 saturated heterocycles. The van der Waals surface area contributed by atoms with Crippen LogP contribution in [0.15, 0.2) is 41.2 Å². The van der Waals surface area contributed by atoms with E-state index in [0.29, 0.717) is 26.6 Å². The SMILES string of the molecule is CC(C)(C)c1cc(/C=c2\sc3nc(-c4ccc(F)cc4)nn3c2=O)cc(C(C)(C)C)c1O. The number of nitrogens with zero attached hydrogens (tertiary/aromatic N) is 3. The average molecular weight is 452 g/mol. The number of phenolic OH excluding ortho intramolecular Hbond substituents is 1. The number of phenols is 1. The molecule has 1 N–H and O–H groups in total. The normalized spacial score (nSPS) is 13.3. The molecule has 0 aliphatic carbocycles. The minimum atomic E-state index is -0.339. The van der Waals surface area contributed by atoms with E-state index in [-0.39, 0.29) is 22.2 Å². The Kier molecular flexibility index (Phi) is 5.20. The maximum atomic E-state index is 13.2. The molecular formula is C25H26FN3O2S. The van der Waals surface area contributed by atoms with Crippen LogP contribution in [-0.4, -0.2) is 19.7 Å². The van der Waals surface area contributed by atoms with Crippen LogP contribution in [0.3, 0.4) is 0 Å². The molecule has 7 heteroatoms. The largest absolute Gasteiger partial charge is 0.507 e. The molecule has 0 amide bonds. The van der Waals surface area contributed by atoms with Crippen molar-refractivity contribution in [2.75, 3.05) is 0 Å². The van der Waals surface area contributed by atoms with Gasteiger partial charge in [0.15, 0.2) is 5.82 Å². The number of rotatable bonds is 2. The minimum Gasteiger partial charge on any atom is -0.507 e. The summed E-state index contributed by atoms with van der Waals surface area (Å²) in [6.07, 6.45) is 1.82. The van der Waals surface area contributed by atoms with E-state index >= 15 is 0 Å². The van der Waals surface area contributed by atoms with Gasteiger partial charge in [0.1, 0.15) is 11.6 Å². The second kappa shape index (κ2) is 7.52. The van der Waals surface area contributed by atoms with Gasteiger partial charge in [0.05, 0.1) is 4.53 Å². The van der Waals surface area contributed by atoms with Crippen LogP contribution in [0.1, 0.15) is 58.2 Å². The number of fused-ring (bicyclic) bond motifs is 1. The van der Waals surface area contributed by atoms with E-state index in [4.69, 9.17) is 0 Å². The van der Waals surface area contributed by atoms with Gasteiger partial charge in [0, 0.05) is 16.7 Å². The van der Waals surface area contributed by atoms with E-state index in [1.807, 2.05) is 18.2 Å². The summed E-state index contributed by atoms with van der Waals surface area (Å²) in [6.45, 7) is 12.3. The first-order valence-electron chi connectivity index (χ1n) is 10.4. The molecule has 0 radical (unpaired) electrons. The highest BCUT2D eigenvalue weighted by atomic mass is 32.1. The maximum absolute atomic E-state index is 13.2. The Hall–Kier alpha value is -3.06. The number of benzene rings is 2. The zero-order valence-corrected chi connectivity index (χ0v) is 19.8. The molecule has 2 heterocycles. The molecular weight excluding hydrogens is 425 g/mol. The van der Waals surface area contributed by atoms with Gasteiger partial charge in [-0.1, -0.05) is 52.9 Å². The second-order valence-electron chi connectivity index (χ2n) is 10.0. The quantitative estimate of drug-likeness (QED) is 0.475. The highest BCUT2D eigenvalue weighted by Crippen LogP contribution is 2.39. The lowest BCUT2D eigenvalue weighted by molar-refractivity contribution is 0.423. The molecule has 166 valence electrons. The summed E-state index contributed by atoms with van der Waals surface area (Å²) in [5, 5.41) is 15.2. The maximum Gasteiger partial charge on any atom is 0.291 e. The van der Waals surface area contributed by atoms with Crippen molar-refractivity contribution in [3.63, 3.8) is 0 Å². The molecule has 0 bridgehead atoms. The molecule has 0 fully saturated rings. The van der Waals surface area contributed by atoms with Crippen LogP contribution in [0.4, 0.5) is 4.39 Å². The lowest BCUT2D eigenvalue weighted by atomic mass is 9.78. The van der Waals surface area contributed by atoms with Crippen molar-refractivity contribution in [2.24, 2.45) is 0 Å². The number of aromatic hydroxyl groups is 1. The fourth-order valence-electron chi connectivity index (χ4n) is 3.59. The van der Waals surface area contributed by atoms with Crippen LogP contribution in [0.5, 0.6) is 5.75 Å². The number of hydrogen-bond donors (Lipinski definition) is 1. The average Bonchev–Trinajstić information content (AvgIpc) is 3.21. The Balaban J connectivity index is 1.86. The Morgan fingerprint density at radius 3 is 2.06 bits per heavy atom. The van der Waals surface area contributed by atoms with E-state index in [1.165, 1.54) is 28.0 Å². The molecule has 0 saturated carbocycles. The number of hydrogen-bond acceptors (Lipinski definition) is 5. The third kappa shape index (κ3) is 4.05. The number of halogens is 1. The van der Waals surface area contributed by atoms with Gasteiger partial charge in [-0.3, -0.25) is 4.79 Å². The zero-order valence-electron chi connectivity index (χ0n) is 19.0. The Morgan fingerprint density at radius 1 is 1.00 bits per heavy atom. The fraction of sp³-hybridized carbons (Fsp3) is 0.320. The predicted molar refractivity (Wildman–Crippen MR) is 127 cm³/mol. The van der Waals surface area contributed by atoms with Crippen LogP contribution >= 0.6 is 11.3 Å². The molecule has 5 nitrogen and oxygen atoms in total. The molecule has 2 aromatic heterocycles. The van der Waals surface area contributed by atoms with Crippen molar-refractivity contribution in [2.45, 2.75) is 52.4 Å². The molecule has 0 atom stereocenters. The van der Waals surface area contributed by atoms with Gasteiger partial charge >= 0.3 is 0 Å². The van der Waals surface area contributed by atoms with Gasteiger partial charge < -0.3 is 5.11 Å². The van der Waals surface area contributed by atoms with Crippen molar-refractivity contribution < 1.29 is 9.50 Å². The summed E-state index contributed by atoms with van der Waals surface area (Å²) in [4.78, 5) is 17.9. The van der Waals surface area contributed by atoms with Crippen LogP contribution in [0, 0.1) is 5.82 Å². The van der Waals surface area contributed by atoms with Crippen molar-refractivity contribution in [3.05, 3.63) is 73.8 Å². The van der Waals surface area contributed by atoms with Crippen LogP contribution in [0.2, 0.25) is 0 Å². The lowest BCUT2D eigenvalue weighted by Crippen LogP contribution is -2.24. The monoisotopic (exact) mass is 451 g/mol. The second-order valence-corrected chi connectivity index (χ2v) is 11.0. The lowest BCUT2D eigenvalue weighted by Gasteiger charge is -2.27. The van der Waals surface area contributed by atoms with Crippen molar-refractivity contribution in [3.8, 4) is 17.1 Å². The van der Waals surface area contributed by atoms with Crippen LogP contribution in [0.25, 0.3) is 22.4 Å². The third-order valence-electron chi connectivity index (χ3n) is 5.33. The molecule has 4 rings (SSSR count). The molecule has 0 aliphatic rings. The predicted octanol–water partition coefficient (Wildman–Crippen LogP) is 4.81. The Morgan fingerprint density at radius 2 is 1.56 bits per heavy atom. The highest BCUT2D eigenvalue weighted by molar-refractivity contribution is 7.15. The summed E-state index contributed by atoms with van der Waals surface area (Å²) in [6, 6.07) is 9.72. The smallest absolute Gasteiger partial charge is 0.291 e. The van der Waals surface area contributed by atoms with Crippen molar-refractivity contribution in [1.82, 2.24) is 14.6 Å². The van der Waals surface area contributed by atoms with Gasteiger partial charge in [-0.05, 0) is 58.9 Å². The van der Waals surface area contributed by atoms with Crippen molar-refractivity contribution >= 4 is 22.4 Å². The first kappa shape index (κ1) is 22.1. The summed E-state index contributed by atoms with van der Waals surface area (Å²) in [5.74, 6) is 0.347. The van der Waals surface area contributed by atoms with Gasteiger partial charge in [-0.25, -0.2) is 4.39 Å². The minimum absolute atomic E-state index is 0.256. The van der Waals surface area contributed by atoms with Gasteiger partial charge in [0.25, 0.3) is 5.56 Å². The van der Waals surface area contributed by atoms with Gasteiger partial charge in [-0.15, -0.1) is 5.10 Å². The van der Waals surface area contributed by atoms with E-state index in [1.54, 1.807) is 12.1 Å². The molecule has 2 aromatic carbocycles. The molecule has 0 spiro atoms. The first-order valence-corrected chi connectivity index (χ1v) is 11.2. The summed E-state index contributed by atoms with van der Waals surface area (Å²) >= 11 is 1.25. The first-order chi connectivity index (χ1) is 14.8.